The van der Waals surface area contributed by atoms with E-state index in [0.29, 0.717) is 13.1 Å². The molecule has 200 valence electrons. The van der Waals surface area contributed by atoms with Gasteiger partial charge >= 0.3 is 6.09 Å². The average molecular weight is 566 g/mol. The Bertz CT molecular complexity index is 933. The quantitative estimate of drug-likeness (QED) is 0.530. The number of nitrogens with one attached hydrogen (secondary N) is 1. The number of benzene rings is 1. The SMILES string of the molecule is C[C@@H]1CC[C@@H]2CCN(Cc3ccc(CBr)cc3)C[C@H](NC(=O)[C@H](C)N(C)C(=O)OC(C)(C)C)C(=O)N21. The lowest BCUT2D eigenvalue weighted by molar-refractivity contribution is -0.141. The number of alkyl halides is 1. The van der Waals surface area contributed by atoms with Gasteiger partial charge in [0.2, 0.25) is 11.8 Å². The molecule has 36 heavy (non-hydrogen) atoms. The van der Waals surface area contributed by atoms with E-state index in [1.165, 1.54) is 16.0 Å². The zero-order valence-electron chi connectivity index (χ0n) is 22.4. The van der Waals surface area contributed by atoms with Gasteiger partial charge < -0.3 is 15.0 Å². The summed E-state index contributed by atoms with van der Waals surface area (Å²) >= 11 is 3.49. The number of likely N-dealkylation sites (N-methyl/N-ethyl adjacent to an activating group) is 1. The minimum Gasteiger partial charge on any atom is -0.444 e. The van der Waals surface area contributed by atoms with Gasteiger partial charge in [0.25, 0.3) is 0 Å². The van der Waals surface area contributed by atoms with Gasteiger partial charge in [0.15, 0.2) is 0 Å². The smallest absolute Gasteiger partial charge is 0.410 e. The number of nitrogens with zero attached hydrogens (tertiary/aromatic N) is 3. The van der Waals surface area contributed by atoms with Crippen LogP contribution in [0.15, 0.2) is 24.3 Å². The summed E-state index contributed by atoms with van der Waals surface area (Å²) in [6.45, 7) is 11.1. The van der Waals surface area contributed by atoms with Crippen molar-refractivity contribution in [2.24, 2.45) is 0 Å². The fourth-order valence-electron chi connectivity index (χ4n) is 4.89. The van der Waals surface area contributed by atoms with E-state index >= 15 is 0 Å². The highest BCUT2D eigenvalue weighted by Crippen LogP contribution is 2.29. The number of hydrogen-bond acceptors (Lipinski definition) is 5. The number of carbonyl (C=O) groups excluding carboxylic acids is 3. The largest absolute Gasteiger partial charge is 0.444 e. The summed E-state index contributed by atoms with van der Waals surface area (Å²) in [4.78, 5) is 44.9. The van der Waals surface area contributed by atoms with E-state index in [1.54, 1.807) is 34.7 Å². The second-order valence-corrected chi connectivity index (χ2v) is 11.7. The molecule has 0 saturated carbocycles. The van der Waals surface area contributed by atoms with Crippen LogP contribution >= 0.6 is 15.9 Å². The summed E-state index contributed by atoms with van der Waals surface area (Å²) in [5.74, 6) is -0.405. The molecular formula is C27H41BrN4O4. The van der Waals surface area contributed by atoms with Crippen molar-refractivity contribution in [2.75, 3.05) is 20.1 Å². The average Bonchev–Trinajstić information content (AvgIpc) is 3.18. The van der Waals surface area contributed by atoms with E-state index in [0.717, 1.165) is 31.1 Å². The molecule has 4 atom stereocenters. The van der Waals surface area contributed by atoms with Crippen LogP contribution in [0, 0.1) is 0 Å². The van der Waals surface area contributed by atoms with Gasteiger partial charge in [-0.05, 0) is 65.0 Å². The highest BCUT2D eigenvalue weighted by atomic mass is 79.9. The lowest BCUT2D eigenvalue weighted by Crippen LogP contribution is -2.60. The Hall–Kier alpha value is -2.13. The van der Waals surface area contributed by atoms with Gasteiger partial charge in [0.1, 0.15) is 17.7 Å². The van der Waals surface area contributed by atoms with Crippen LogP contribution in [-0.2, 0) is 26.2 Å². The van der Waals surface area contributed by atoms with Crippen molar-refractivity contribution in [1.29, 1.82) is 0 Å². The van der Waals surface area contributed by atoms with Crippen LogP contribution in [0.5, 0.6) is 0 Å². The van der Waals surface area contributed by atoms with Gasteiger partial charge in [-0.1, -0.05) is 40.2 Å². The standard InChI is InChI=1S/C27H41BrN4O4/c1-18-7-12-22-13-14-31(16-21-10-8-20(15-28)9-11-21)17-23(25(34)32(18)22)29-24(33)19(2)30(6)26(35)36-27(3,4)5/h8-11,18-19,22-23H,7,12-17H2,1-6H3,(H,29,33)/t18-,19+,22-,23+/m1/s1. The van der Waals surface area contributed by atoms with E-state index in [9.17, 15) is 14.4 Å². The first kappa shape index (κ1) is 28.4. The molecule has 3 rings (SSSR count). The summed E-state index contributed by atoms with van der Waals surface area (Å²) < 4.78 is 5.41. The van der Waals surface area contributed by atoms with Gasteiger partial charge in [-0.15, -0.1) is 0 Å². The summed E-state index contributed by atoms with van der Waals surface area (Å²) in [5, 5.41) is 3.79. The van der Waals surface area contributed by atoms with Crippen LogP contribution in [0.4, 0.5) is 4.79 Å². The van der Waals surface area contributed by atoms with Crippen molar-refractivity contribution in [1.82, 2.24) is 20.0 Å². The molecule has 0 radical (unpaired) electrons. The third kappa shape index (κ3) is 7.22. The van der Waals surface area contributed by atoms with Crippen LogP contribution in [0.2, 0.25) is 0 Å². The van der Waals surface area contributed by atoms with Crippen LogP contribution in [-0.4, -0.2) is 82.5 Å². The maximum Gasteiger partial charge on any atom is 0.410 e. The number of amides is 3. The first-order valence-corrected chi connectivity index (χ1v) is 14.0. The normalized spacial score (nSPS) is 23.9. The van der Waals surface area contributed by atoms with E-state index in [4.69, 9.17) is 4.74 Å². The highest BCUT2D eigenvalue weighted by Gasteiger charge is 2.41. The third-order valence-electron chi connectivity index (χ3n) is 7.10. The molecule has 0 spiro atoms. The molecule has 0 aliphatic carbocycles. The number of fused-ring (bicyclic) bond motifs is 1. The van der Waals surface area contributed by atoms with Gasteiger partial charge in [-0.2, -0.15) is 0 Å². The molecule has 1 N–H and O–H groups in total. The predicted octanol–water partition coefficient (Wildman–Crippen LogP) is 3.91. The van der Waals surface area contributed by atoms with E-state index in [1.807, 2.05) is 4.90 Å². The minimum absolute atomic E-state index is 0.0372. The first-order chi connectivity index (χ1) is 16.9. The summed E-state index contributed by atoms with van der Waals surface area (Å²) in [6.07, 6.45) is 2.31. The number of halogens is 1. The number of ether oxygens (including phenoxy) is 1. The number of rotatable bonds is 6. The Labute approximate surface area is 223 Å². The Morgan fingerprint density at radius 2 is 1.81 bits per heavy atom. The molecule has 0 bridgehead atoms. The summed E-state index contributed by atoms with van der Waals surface area (Å²) in [5.41, 5.74) is 1.73. The van der Waals surface area contributed by atoms with Crippen molar-refractivity contribution in [2.45, 2.75) is 95.5 Å². The van der Waals surface area contributed by atoms with E-state index in [-0.39, 0.29) is 23.9 Å². The van der Waals surface area contributed by atoms with E-state index in [2.05, 4.69) is 57.3 Å². The Morgan fingerprint density at radius 3 is 2.42 bits per heavy atom. The first-order valence-electron chi connectivity index (χ1n) is 12.8. The third-order valence-corrected chi connectivity index (χ3v) is 7.75. The molecule has 0 aromatic heterocycles. The molecule has 8 nitrogen and oxygen atoms in total. The molecule has 1 aromatic rings. The monoisotopic (exact) mass is 564 g/mol. The van der Waals surface area contributed by atoms with Gasteiger partial charge in [0, 0.05) is 44.1 Å². The number of carbonyl (C=O) groups is 3. The molecule has 2 fully saturated rings. The fourth-order valence-corrected chi connectivity index (χ4v) is 5.27. The molecule has 3 amide bonds. The maximum atomic E-state index is 13.7. The Morgan fingerprint density at radius 1 is 1.17 bits per heavy atom. The molecule has 1 aromatic carbocycles. The Balaban J connectivity index is 1.75. The van der Waals surface area contributed by atoms with Crippen LogP contribution < -0.4 is 5.32 Å². The summed E-state index contributed by atoms with van der Waals surface area (Å²) in [6, 6.07) is 7.33. The summed E-state index contributed by atoms with van der Waals surface area (Å²) in [7, 11) is 1.54. The molecule has 0 unspecified atom stereocenters. The van der Waals surface area contributed by atoms with Gasteiger partial charge in [-0.3, -0.25) is 19.4 Å². The van der Waals surface area contributed by atoms with Crippen LogP contribution in [0.25, 0.3) is 0 Å². The number of hydrogen-bond donors (Lipinski definition) is 1. The van der Waals surface area contributed by atoms with Crippen LogP contribution in [0.3, 0.4) is 0 Å². The zero-order chi connectivity index (χ0) is 26.6. The highest BCUT2D eigenvalue weighted by molar-refractivity contribution is 9.08. The molecular weight excluding hydrogens is 524 g/mol. The van der Waals surface area contributed by atoms with Gasteiger partial charge in [-0.25, -0.2) is 4.79 Å². The van der Waals surface area contributed by atoms with Crippen molar-refractivity contribution >= 4 is 33.8 Å². The Kier molecular flexibility index (Phi) is 9.44. The molecule has 2 aliphatic heterocycles. The molecule has 2 heterocycles. The molecule has 9 heteroatoms. The van der Waals surface area contributed by atoms with Crippen LogP contribution in [0.1, 0.15) is 65.0 Å². The maximum absolute atomic E-state index is 13.7. The van der Waals surface area contributed by atoms with Crippen molar-refractivity contribution in [3.8, 4) is 0 Å². The second-order valence-electron chi connectivity index (χ2n) is 11.1. The predicted molar refractivity (Wildman–Crippen MR) is 144 cm³/mol. The zero-order valence-corrected chi connectivity index (χ0v) is 24.0. The molecule has 2 saturated heterocycles. The topological polar surface area (TPSA) is 82.2 Å². The van der Waals surface area contributed by atoms with Crippen molar-refractivity contribution in [3.63, 3.8) is 0 Å². The van der Waals surface area contributed by atoms with Gasteiger partial charge in [0.05, 0.1) is 0 Å². The second kappa shape index (κ2) is 11.9. The molecule has 2 aliphatic rings. The minimum atomic E-state index is -0.782. The van der Waals surface area contributed by atoms with E-state index < -0.39 is 23.8 Å². The van der Waals surface area contributed by atoms with Crippen molar-refractivity contribution < 1.29 is 19.1 Å². The lowest BCUT2D eigenvalue weighted by Gasteiger charge is -2.39. The fraction of sp³-hybridized carbons (Fsp3) is 0.667. The van der Waals surface area contributed by atoms with Crippen molar-refractivity contribution in [3.05, 3.63) is 35.4 Å². The lowest BCUT2D eigenvalue weighted by atomic mass is 10.1.